The van der Waals surface area contributed by atoms with Gasteiger partial charge >= 0.3 is 0 Å². The van der Waals surface area contributed by atoms with Gasteiger partial charge in [0.1, 0.15) is 11.5 Å². The van der Waals surface area contributed by atoms with Crippen molar-refractivity contribution >= 4 is 29.8 Å². The van der Waals surface area contributed by atoms with Gasteiger partial charge in [-0.05, 0) is 54.1 Å². The highest BCUT2D eigenvalue weighted by atomic mass is 19.1. The first-order valence-electron chi connectivity index (χ1n) is 11.1. The number of anilines is 1. The lowest BCUT2D eigenvalue weighted by Crippen LogP contribution is -2.32. The van der Waals surface area contributed by atoms with Crippen LogP contribution in [-0.2, 0) is 4.79 Å². The lowest BCUT2D eigenvalue weighted by atomic mass is 10.1. The second kappa shape index (κ2) is 12.2. The average Bonchev–Trinajstić information content (AvgIpc) is 2.89. The number of hydrogen-bond acceptors (Lipinski definition) is 7. The fraction of sp³-hybridized carbons (Fsp3) is 0.148. The Bertz CT molecular complexity index is 1310. The number of hydrogen-bond donors (Lipinski definition) is 3. The second-order valence-electron chi connectivity index (χ2n) is 7.98. The first kappa shape index (κ1) is 26.7. The zero-order valence-corrected chi connectivity index (χ0v) is 20.8. The van der Waals surface area contributed by atoms with Gasteiger partial charge < -0.3 is 24.8 Å². The van der Waals surface area contributed by atoms with E-state index in [9.17, 15) is 19.1 Å². The molecule has 192 valence electrons. The molecule has 0 aliphatic rings. The number of nitrogens with zero attached hydrogens (tertiary/aromatic N) is 2. The number of methoxy groups -OCH3 is 2. The van der Waals surface area contributed by atoms with E-state index in [4.69, 9.17) is 9.47 Å². The monoisotopic (exact) mass is 506 g/mol. The SMILES string of the molecule is COc1cc(C=NNC(=O)C(=Cc2ccc(N(C)C)cc2)NC(=O)c2cccc(F)c2)cc(OC)c1O. The number of aromatic hydroxyl groups is 1. The van der Waals surface area contributed by atoms with Crippen LogP contribution in [0.2, 0.25) is 0 Å². The van der Waals surface area contributed by atoms with E-state index in [0.29, 0.717) is 11.1 Å². The minimum atomic E-state index is -0.713. The van der Waals surface area contributed by atoms with E-state index in [1.165, 1.54) is 56.8 Å². The first-order chi connectivity index (χ1) is 17.7. The van der Waals surface area contributed by atoms with Gasteiger partial charge in [0.05, 0.1) is 20.4 Å². The Kier molecular flexibility index (Phi) is 8.82. The van der Waals surface area contributed by atoms with Crippen molar-refractivity contribution < 1.29 is 28.6 Å². The smallest absolute Gasteiger partial charge is 0.287 e. The molecule has 3 N–H and O–H groups in total. The standard InChI is InChI=1S/C27H27FN4O5/c1-32(2)21-10-8-17(9-11-21)12-22(30-26(34)19-6-5-7-20(28)15-19)27(35)31-29-16-18-13-23(36-3)25(33)24(14-18)37-4/h5-16,33H,1-4H3,(H,30,34)(H,31,35). The molecule has 0 aromatic heterocycles. The van der Waals surface area contributed by atoms with Crippen LogP contribution in [0.5, 0.6) is 17.2 Å². The molecule has 9 nitrogen and oxygen atoms in total. The molecular formula is C27H27FN4O5. The number of carbonyl (C=O) groups is 2. The largest absolute Gasteiger partial charge is 0.502 e. The number of rotatable bonds is 9. The molecule has 0 unspecified atom stereocenters. The van der Waals surface area contributed by atoms with Crippen LogP contribution < -0.4 is 25.1 Å². The van der Waals surface area contributed by atoms with Crippen molar-refractivity contribution in [1.29, 1.82) is 0 Å². The maximum Gasteiger partial charge on any atom is 0.287 e. The van der Waals surface area contributed by atoms with Gasteiger partial charge in [-0.15, -0.1) is 0 Å². The van der Waals surface area contributed by atoms with E-state index >= 15 is 0 Å². The molecule has 0 heterocycles. The third kappa shape index (κ3) is 7.07. The number of nitrogens with one attached hydrogen (secondary N) is 2. The van der Waals surface area contributed by atoms with Crippen molar-refractivity contribution in [2.45, 2.75) is 0 Å². The summed E-state index contributed by atoms with van der Waals surface area (Å²) in [6, 6.07) is 15.4. The number of hydrazone groups is 1. The lowest BCUT2D eigenvalue weighted by Gasteiger charge is -2.13. The van der Waals surface area contributed by atoms with Crippen LogP contribution in [0.15, 0.2) is 71.5 Å². The highest BCUT2D eigenvalue weighted by Crippen LogP contribution is 2.36. The first-order valence-corrected chi connectivity index (χ1v) is 11.1. The van der Waals surface area contributed by atoms with Crippen molar-refractivity contribution in [3.05, 3.63) is 88.9 Å². The molecule has 0 bridgehead atoms. The molecule has 0 aliphatic heterocycles. The molecule has 37 heavy (non-hydrogen) atoms. The van der Waals surface area contributed by atoms with E-state index in [-0.39, 0.29) is 28.5 Å². The number of phenolic OH excluding ortho intramolecular Hbond substituents is 1. The van der Waals surface area contributed by atoms with E-state index in [1.807, 2.05) is 31.1 Å². The zero-order valence-electron chi connectivity index (χ0n) is 20.8. The van der Waals surface area contributed by atoms with Crippen LogP contribution in [0.25, 0.3) is 6.08 Å². The van der Waals surface area contributed by atoms with Gasteiger partial charge in [-0.25, -0.2) is 9.82 Å². The van der Waals surface area contributed by atoms with Crippen molar-refractivity contribution in [2.24, 2.45) is 5.10 Å². The summed E-state index contributed by atoms with van der Waals surface area (Å²) in [4.78, 5) is 27.6. The predicted molar refractivity (Wildman–Crippen MR) is 140 cm³/mol. The minimum Gasteiger partial charge on any atom is -0.502 e. The number of carbonyl (C=O) groups excluding carboxylic acids is 2. The quantitative estimate of drug-likeness (QED) is 0.233. The Balaban J connectivity index is 1.86. The Labute approximate surface area is 213 Å². The van der Waals surface area contributed by atoms with Gasteiger partial charge in [-0.1, -0.05) is 18.2 Å². The van der Waals surface area contributed by atoms with Crippen molar-refractivity contribution in [3.63, 3.8) is 0 Å². The molecule has 3 aromatic carbocycles. The summed E-state index contributed by atoms with van der Waals surface area (Å²) >= 11 is 0. The van der Waals surface area contributed by atoms with Crippen LogP contribution in [0.3, 0.4) is 0 Å². The van der Waals surface area contributed by atoms with Gasteiger partial charge in [0.2, 0.25) is 5.75 Å². The number of amides is 2. The third-order valence-electron chi connectivity index (χ3n) is 5.18. The molecule has 2 amide bonds. The van der Waals surface area contributed by atoms with Crippen LogP contribution >= 0.6 is 0 Å². The summed E-state index contributed by atoms with van der Waals surface area (Å²) in [6.45, 7) is 0. The highest BCUT2D eigenvalue weighted by molar-refractivity contribution is 6.05. The molecule has 0 saturated carbocycles. The van der Waals surface area contributed by atoms with Crippen LogP contribution in [0, 0.1) is 5.82 Å². The van der Waals surface area contributed by atoms with Crippen molar-refractivity contribution in [1.82, 2.24) is 10.7 Å². The van der Waals surface area contributed by atoms with Crippen LogP contribution in [-0.4, -0.2) is 51.5 Å². The molecule has 0 saturated heterocycles. The van der Waals surface area contributed by atoms with E-state index in [0.717, 1.165) is 11.8 Å². The maximum absolute atomic E-state index is 13.6. The Morgan fingerprint density at radius 3 is 2.19 bits per heavy atom. The van der Waals surface area contributed by atoms with Gasteiger partial charge in [-0.3, -0.25) is 9.59 Å². The maximum atomic E-state index is 13.6. The zero-order chi connectivity index (χ0) is 26.9. The van der Waals surface area contributed by atoms with Gasteiger partial charge in [-0.2, -0.15) is 5.10 Å². The summed E-state index contributed by atoms with van der Waals surface area (Å²) in [5.74, 6) is -1.80. The van der Waals surface area contributed by atoms with E-state index in [1.54, 1.807) is 12.1 Å². The Hall–Kier alpha value is -4.86. The van der Waals surface area contributed by atoms with Gasteiger partial charge in [0.25, 0.3) is 11.8 Å². The number of halogens is 1. The third-order valence-corrected chi connectivity index (χ3v) is 5.18. The summed E-state index contributed by atoms with van der Waals surface area (Å²) in [7, 11) is 6.58. The second-order valence-corrected chi connectivity index (χ2v) is 7.98. The molecule has 0 fully saturated rings. The van der Waals surface area contributed by atoms with Crippen molar-refractivity contribution in [3.8, 4) is 17.2 Å². The average molecular weight is 507 g/mol. The summed E-state index contributed by atoms with van der Waals surface area (Å²) < 4.78 is 23.8. The molecule has 10 heteroatoms. The number of phenols is 1. The van der Waals surface area contributed by atoms with Crippen molar-refractivity contribution in [2.75, 3.05) is 33.2 Å². The van der Waals surface area contributed by atoms with E-state index in [2.05, 4.69) is 15.8 Å². The molecule has 3 rings (SSSR count). The Morgan fingerprint density at radius 2 is 1.62 bits per heavy atom. The topological polar surface area (TPSA) is 112 Å². The summed E-state index contributed by atoms with van der Waals surface area (Å²) in [5.41, 5.74) is 4.38. The Morgan fingerprint density at radius 1 is 0.973 bits per heavy atom. The predicted octanol–water partition coefficient (Wildman–Crippen LogP) is 3.54. The fourth-order valence-electron chi connectivity index (χ4n) is 3.23. The van der Waals surface area contributed by atoms with E-state index < -0.39 is 17.6 Å². The van der Waals surface area contributed by atoms with Gasteiger partial charge in [0.15, 0.2) is 11.5 Å². The molecule has 0 aliphatic carbocycles. The summed E-state index contributed by atoms with van der Waals surface area (Å²) in [6.07, 6.45) is 2.80. The normalized spacial score (nSPS) is 11.2. The highest BCUT2D eigenvalue weighted by Gasteiger charge is 2.15. The molecular weight excluding hydrogens is 479 g/mol. The molecule has 0 spiro atoms. The molecule has 0 radical (unpaired) electrons. The van der Waals surface area contributed by atoms with Crippen LogP contribution in [0.4, 0.5) is 10.1 Å². The van der Waals surface area contributed by atoms with Gasteiger partial charge in [0, 0.05) is 30.9 Å². The number of ether oxygens (including phenoxy) is 2. The van der Waals surface area contributed by atoms with Crippen LogP contribution in [0.1, 0.15) is 21.5 Å². The number of benzene rings is 3. The molecule has 3 aromatic rings. The fourth-order valence-corrected chi connectivity index (χ4v) is 3.23. The summed E-state index contributed by atoms with van der Waals surface area (Å²) in [5, 5.41) is 16.5. The molecule has 0 atom stereocenters. The minimum absolute atomic E-state index is 0.0495. The lowest BCUT2D eigenvalue weighted by molar-refractivity contribution is -0.117.